The molecule has 0 aliphatic rings. The van der Waals surface area contributed by atoms with Crippen LogP contribution in [-0.4, -0.2) is 19.2 Å². The third-order valence-corrected chi connectivity index (χ3v) is 7.61. The first-order valence-corrected chi connectivity index (χ1v) is 10.7. The maximum atomic E-state index is 13.7. The molecule has 3 rings (SSSR count). The highest BCUT2D eigenvalue weighted by molar-refractivity contribution is 7.93. The summed E-state index contributed by atoms with van der Waals surface area (Å²) in [6.07, 6.45) is -3.64. The Bertz CT molecular complexity index is 1080. The molecule has 0 fully saturated rings. The number of fused-ring (bicyclic) bond motifs is 1. The maximum Gasteiger partial charge on any atom is 0.417 e. The first-order chi connectivity index (χ1) is 12.6. The van der Waals surface area contributed by atoms with Crippen LogP contribution in [0.2, 0.25) is 0 Å². The topological polar surface area (TPSA) is 73.0 Å². The summed E-state index contributed by atoms with van der Waals surface area (Å²) in [6, 6.07) is 9.33. The molecule has 3 aromatic rings. The van der Waals surface area contributed by atoms with E-state index in [1.165, 1.54) is 0 Å². The number of hydrogen-bond donors (Lipinski definition) is 1. The number of nitrogens with two attached hydrogens (primary N) is 1. The van der Waals surface area contributed by atoms with Crippen LogP contribution in [0, 0.1) is 0 Å². The first-order valence-electron chi connectivity index (χ1n) is 8.23. The Labute approximate surface area is 158 Å². The van der Waals surface area contributed by atoms with Gasteiger partial charge in [0.05, 0.1) is 22.7 Å². The lowest BCUT2D eigenvalue weighted by Gasteiger charge is -2.11. The second-order valence-corrected chi connectivity index (χ2v) is 9.38. The van der Waals surface area contributed by atoms with Crippen LogP contribution in [-0.2, 0) is 16.0 Å². The van der Waals surface area contributed by atoms with Crippen molar-refractivity contribution >= 4 is 37.1 Å². The van der Waals surface area contributed by atoms with Gasteiger partial charge in [-0.3, -0.25) is 0 Å². The maximum absolute atomic E-state index is 13.7. The fourth-order valence-corrected chi connectivity index (χ4v) is 5.88. The van der Waals surface area contributed by atoms with Gasteiger partial charge >= 0.3 is 6.18 Å². The van der Waals surface area contributed by atoms with Gasteiger partial charge in [0.25, 0.3) is 0 Å². The Morgan fingerprint density at radius 3 is 2.44 bits per heavy atom. The van der Waals surface area contributed by atoms with E-state index < -0.39 is 21.6 Å². The van der Waals surface area contributed by atoms with Gasteiger partial charge in [-0.15, -0.1) is 11.3 Å². The zero-order valence-electron chi connectivity index (χ0n) is 14.4. The van der Waals surface area contributed by atoms with Crippen molar-refractivity contribution < 1.29 is 21.6 Å². The predicted octanol–water partition coefficient (Wildman–Crippen LogP) is 5.14. The third kappa shape index (κ3) is 3.79. The fourth-order valence-electron chi connectivity index (χ4n) is 2.74. The van der Waals surface area contributed by atoms with Crippen LogP contribution in [0.1, 0.15) is 25.3 Å². The van der Waals surface area contributed by atoms with Crippen LogP contribution in [0.3, 0.4) is 0 Å². The number of alkyl halides is 3. The molecular weight excluding hydrogens is 397 g/mol. The average molecular weight is 414 g/mol. The van der Waals surface area contributed by atoms with Gasteiger partial charge in [0.1, 0.15) is 9.04 Å². The molecule has 2 heterocycles. The summed E-state index contributed by atoms with van der Waals surface area (Å²) in [5.74, 6) is -0.159. The SMILES string of the molecule is CCCCS(=O)(=O)c1sc2nc(-c3ccccc3)cc(C(F)(F)F)c2c1N. The number of pyridine rings is 1. The first kappa shape index (κ1) is 19.6. The molecule has 9 heteroatoms. The number of halogens is 3. The number of rotatable bonds is 5. The number of nitrogen functional groups attached to an aromatic ring is 1. The molecule has 2 N–H and O–H groups in total. The van der Waals surface area contributed by atoms with E-state index in [1.54, 1.807) is 30.3 Å². The number of thiophene rings is 1. The summed E-state index contributed by atoms with van der Waals surface area (Å²) >= 11 is 0.696. The Morgan fingerprint density at radius 2 is 1.85 bits per heavy atom. The monoisotopic (exact) mass is 414 g/mol. The van der Waals surface area contributed by atoms with Gasteiger partial charge in [-0.05, 0) is 12.5 Å². The molecular formula is C18H17F3N2O2S2. The van der Waals surface area contributed by atoms with E-state index in [1.807, 2.05) is 6.92 Å². The summed E-state index contributed by atoms with van der Waals surface area (Å²) in [6.45, 7) is 1.83. The highest BCUT2D eigenvalue weighted by Crippen LogP contribution is 2.45. The minimum atomic E-state index is -4.69. The van der Waals surface area contributed by atoms with E-state index in [4.69, 9.17) is 5.73 Å². The van der Waals surface area contributed by atoms with E-state index in [2.05, 4.69) is 4.98 Å². The Morgan fingerprint density at radius 1 is 1.19 bits per heavy atom. The quantitative estimate of drug-likeness (QED) is 0.628. The van der Waals surface area contributed by atoms with Gasteiger partial charge in [0.15, 0.2) is 9.84 Å². The van der Waals surface area contributed by atoms with Crippen LogP contribution in [0.25, 0.3) is 21.5 Å². The number of benzene rings is 1. The zero-order chi connectivity index (χ0) is 19.8. The lowest BCUT2D eigenvalue weighted by molar-refractivity contribution is -0.136. The van der Waals surface area contributed by atoms with Gasteiger partial charge in [-0.2, -0.15) is 13.2 Å². The minimum absolute atomic E-state index is 0.0312. The van der Waals surface area contributed by atoms with Crippen LogP contribution >= 0.6 is 11.3 Å². The lowest BCUT2D eigenvalue weighted by atomic mass is 10.1. The van der Waals surface area contributed by atoms with Gasteiger partial charge in [-0.1, -0.05) is 43.7 Å². The Kier molecular flexibility index (Phi) is 5.18. The molecule has 27 heavy (non-hydrogen) atoms. The van der Waals surface area contributed by atoms with Gasteiger partial charge in [0.2, 0.25) is 0 Å². The second kappa shape index (κ2) is 7.12. The van der Waals surface area contributed by atoms with Crippen molar-refractivity contribution in [2.45, 2.75) is 30.2 Å². The van der Waals surface area contributed by atoms with E-state index in [0.29, 0.717) is 29.7 Å². The summed E-state index contributed by atoms with van der Waals surface area (Å²) in [7, 11) is -3.77. The van der Waals surface area contributed by atoms with Crippen molar-refractivity contribution in [1.29, 1.82) is 0 Å². The lowest BCUT2D eigenvalue weighted by Crippen LogP contribution is -2.09. The van der Waals surface area contributed by atoms with Crippen molar-refractivity contribution in [2.75, 3.05) is 11.5 Å². The molecule has 0 spiro atoms. The van der Waals surface area contributed by atoms with Crippen molar-refractivity contribution in [1.82, 2.24) is 4.98 Å². The number of unbranched alkanes of at least 4 members (excludes halogenated alkanes) is 1. The molecule has 0 saturated carbocycles. The summed E-state index contributed by atoms with van der Waals surface area (Å²) < 4.78 is 65.8. The molecule has 144 valence electrons. The molecule has 0 aliphatic carbocycles. The van der Waals surface area contributed by atoms with E-state index in [9.17, 15) is 21.6 Å². The number of hydrogen-bond acceptors (Lipinski definition) is 5. The average Bonchev–Trinajstić information content (AvgIpc) is 2.97. The standard InChI is InChI=1S/C18H17F3N2O2S2/c1-2-3-9-27(24,25)17-15(22)14-12(18(19,20)21)10-13(23-16(14)26-17)11-7-5-4-6-8-11/h4-8,10H,2-3,9,22H2,1H3. The minimum Gasteiger partial charge on any atom is -0.396 e. The van der Waals surface area contributed by atoms with E-state index >= 15 is 0 Å². The third-order valence-electron chi connectivity index (χ3n) is 4.09. The molecule has 0 unspecified atom stereocenters. The zero-order valence-corrected chi connectivity index (χ0v) is 16.0. The van der Waals surface area contributed by atoms with Crippen LogP contribution in [0.15, 0.2) is 40.6 Å². The van der Waals surface area contributed by atoms with Gasteiger partial charge < -0.3 is 5.73 Å². The number of nitrogens with zero attached hydrogens (tertiary/aromatic N) is 1. The molecule has 4 nitrogen and oxygen atoms in total. The van der Waals surface area contributed by atoms with Gasteiger partial charge in [-0.25, -0.2) is 13.4 Å². The normalized spacial score (nSPS) is 12.6. The smallest absolute Gasteiger partial charge is 0.396 e. The molecule has 0 amide bonds. The molecule has 0 atom stereocenters. The van der Waals surface area contributed by atoms with Crippen molar-refractivity contribution in [3.8, 4) is 11.3 Å². The summed E-state index contributed by atoms with van der Waals surface area (Å²) in [5.41, 5.74) is 5.16. The largest absolute Gasteiger partial charge is 0.417 e. The van der Waals surface area contributed by atoms with E-state index in [-0.39, 0.29) is 31.6 Å². The van der Waals surface area contributed by atoms with Crippen LogP contribution < -0.4 is 5.73 Å². The fraction of sp³-hybridized carbons (Fsp3) is 0.278. The van der Waals surface area contributed by atoms with Crippen LogP contribution in [0.4, 0.5) is 18.9 Å². The Hall–Kier alpha value is -2.13. The van der Waals surface area contributed by atoms with Crippen molar-refractivity contribution in [3.63, 3.8) is 0 Å². The molecule has 1 aromatic carbocycles. The molecule has 0 saturated heterocycles. The number of sulfone groups is 1. The Balaban J connectivity index is 2.29. The van der Waals surface area contributed by atoms with E-state index in [0.717, 1.165) is 6.07 Å². The van der Waals surface area contributed by atoms with Crippen molar-refractivity contribution in [3.05, 3.63) is 42.0 Å². The number of anilines is 1. The summed E-state index contributed by atoms with van der Waals surface area (Å²) in [4.78, 5) is 4.24. The highest BCUT2D eigenvalue weighted by Gasteiger charge is 2.37. The van der Waals surface area contributed by atoms with Crippen LogP contribution in [0.5, 0.6) is 0 Å². The van der Waals surface area contributed by atoms with Crippen molar-refractivity contribution in [2.24, 2.45) is 0 Å². The number of aromatic nitrogens is 1. The molecule has 0 aliphatic heterocycles. The summed E-state index contributed by atoms with van der Waals surface area (Å²) in [5, 5.41) is -0.345. The second-order valence-electron chi connectivity index (χ2n) is 6.07. The molecule has 2 aromatic heterocycles. The molecule has 0 radical (unpaired) electrons. The molecule has 0 bridgehead atoms. The predicted molar refractivity (Wildman–Crippen MR) is 101 cm³/mol. The van der Waals surface area contributed by atoms with Gasteiger partial charge in [0, 0.05) is 10.9 Å². The highest BCUT2D eigenvalue weighted by atomic mass is 32.2.